The third-order valence-corrected chi connectivity index (χ3v) is 4.67. The van der Waals surface area contributed by atoms with Crippen LogP contribution in [-0.2, 0) is 0 Å². The highest BCUT2D eigenvalue weighted by atomic mass is 32.1. The minimum absolute atomic E-state index is 0.216. The highest BCUT2D eigenvalue weighted by molar-refractivity contribution is 7.18. The van der Waals surface area contributed by atoms with Gasteiger partial charge in [-0.15, -0.1) is 11.3 Å². The number of hydrogen-bond acceptors (Lipinski definition) is 3. The van der Waals surface area contributed by atoms with Gasteiger partial charge < -0.3 is 5.32 Å². The van der Waals surface area contributed by atoms with Gasteiger partial charge in [-0.05, 0) is 50.1 Å². The summed E-state index contributed by atoms with van der Waals surface area (Å²) in [7, 11) is 0. The first-order valence-corrected chi connectivity index (χ1v) is 7.64. The van der Waals surface area contributed by atoms with E-state index in [1.807, 2.05) is 6.07 Å². The molecule has 1 N–H and O–H groups in total. The lowest BCUT2D eigenvalue weighted by atomic mass is 10.1. The predicted octanol–water partition coefficient (Wildman–Crippen LogP) is 5.09. The number of aryl methyl sites for hydroxylation is 2. The maximum Gasteiger partial charge on any atom is 0.116 e. The molecule has 0 aliphatic heterocycles. The van der Waals surface area contributed by atoms with Crippen molar-refractivity contribution >= 4 is 27.2 Å². The minimum Gasteiger partial charge on any atom is -0.376 e. The number of benzene rings is 2. The summed E-state index contributed by atoms with van der Waals surface area (Å²) < 4.78 is 1.25. The zero-order valence-corrected chi connectivity index (χ0v) is 12.8. The number of fused-ring (bicyclic) bond motifs is 1. The van der Waals surface area contributed by atoms with E-state index in [0.29, 0.717) is 0 Å². The van der Waals surface area contributed by atoms with E-state index < -0.39 is 0 Å². The van der Waals surface area contributed by atoms with Crippen LogP contribution in [0.1, 0.15) is 29.1 Å². The van der Waals surface area contributed by atoms with Gasteiger partial charge in [0.1, 0.15) is 5.01 Å². The van der Waals surface area contributed by atoms with E-state index in [4.69, 9.17) is 4.98 Å². The van der Waals surface area contributed by atoms with Crippen LogP contribution in [0, 0.1) is 13.8 Å². The summed E-state index contributed by atoms with van der Waals surface area (Å²) in [6.07, 6.45) is 0. The van der Waals surface area contributed by atoms with Crippen LogP contribution in [0.4, 0.5) is 5.69 Å². The molecule has 1 heterocycles. The van der Waals surface area contributed by atoms with Gasteiger partial charge in [0.15, 0.2) is 0 Å². The van der Waals surface area contributed by atoms with Gasteiger partial charge in [0.25, 0.3) is 0 Å². The van der Waals surface area contributed by atoms with Gasteiger partial charge in [-0.25, -0.2) is 4.98 Å². The summed E-state index contributed by atoms with van der Waals surface area (Å²) in [6, 6.07) is 15.0. The van der Waals surface area contributed by atoms with Crippen molar-refractivity contribution in [3.8, 4) is 0 Å². The molecule has 1 atom stereocenters. The third-order valence-electron chi connectivity index (χ3n) is 3.45. The van der Waals surface area contributed by atoms with Crippen LogP contribution in [0.25, 0.3) is 10.2 Å². The molecule has 0 aliphatic carbocycles. The maximum absolute atomic E-state index is 4.72. The zero-order chi connectivity index (χ0) is 14.1. The monoisotopic (exact) mass is 282 g/mol. The molecular formula is C17H18N2S. The number of thiazole rings is 1. The fourth-order valence-corrected chi connectivity index (χ4v) is 3.23. The summed E-state index contributed by atoms with van der Waals surface area (Å²) in [5.41, 5.74) is 4.82. The topological polar surface area (TPSA) is 24.9 Å². The van der Waals surface area contributed by atoms with Gasteiger partial charge >= 0.3 is 0 Å². The highest BCUT2D eigenvalue weighted by Crippen LogP contribution is 2.29. The highest BCUT2D eigenvalue weighted by Gasteiger charge is 2.12. The molecule has 0 saturated heterocycles. The van der Waals surface area contributed by atoms with E-state index in [-0.39, 0.29) is 6.04 Å². The lowest BCUT2D eigenvalue weighted by molar-refractivity contribution is 0.872. The van der Waals surface area contributed by atoms with E-state index >= 15 is 0 Å². The van der Waals surface area contributed by atoms with Crippen molar-refractivity contribution in [2.45, 2.75) is 26.8 Å². The Bertz CT molecular complexity index is 713. The lowest BCUT2D eigenvalue weighted by Gasteiger charge is -2.15. The fourth-order valence-electron chi connectivity index (χ4n) is 2.26. The molecule has 2 nitrogen and oxygen atoms in total. The van der Waals surface area contributed by atoms with Gasteiger partial charge in [-0.3, -0.25) is 0 Å². The second kappa shape index (κ2) is 5.25. The summed E-state index contributed by atoms with van der Waals surface area (Å²) in [5, 5.41) is 4.71. The molecule has 1 unspecified atom stereocenters. The van der Waals surface area contributed by atoms with Gasteiger partial charge in [0.05, 0.1) is 16.3 Å². The summed E-state index contributed by atoms with van der Waals surface area (Å²) in [4.78, 5) is 4.72. The van der Waals surface area contributed by atoms with E-state index in [0.717, 1.165) is 10.5 Å². The van der Waals surface area contributed by atoms with Crippen LogP contribution in [0.5, 0.6) is 0 Å². The molecule has 0 bridgehead atoms. The average Bonchev–Trinajstić information content (AvgIpc) is 2.87. The number of hydrogen-bond donors (Lipinski definition) is 1. The third kappa shape index (κ3) is 2.54. The first-order valence-electron chi connectivity index (χ1n) is 6.83. The van der Waals surface area contributed by atoms with Crippen molar-refractivity contribution in [3.63, 3.8) is 0 Å². The van der Waals surface area contributed by atoms with Crippen molar-refractivity contribution in [1.82, 2.24) is 4.98 Å². The maximum atomic E-state index is 4.72. The SMILES string of the molecule is Cc1ccc(C)c(NC(C)c2nc3ccccc3s2)c1. The van der Waals surface area contributed by atoms with Crippen molar-refractivity contribution in [2.24, 2.45) is 0 Å². The quantitative estimate of drug-likeness (QED) is 0.724. The smallest absolute Gasteiger partial charge is 0.116 e. The second-order valence-electron chi connectivity index (χ2n) is 5.20. The number of rotatable bonds is 3. The van der Waals surface area contributed by atoms with E-state index in [2.05, 4.69) is 62.5 Å². The lowest BCUT2D eigenvalue weighted by Crippen LogP contribution is -2.07. The molecule has 3 aromatic rings. The Kier molecular flexibility index (Phi) is 3.45. The zero-order valence-electron chi connectivity index (χ0n) is 12.0. The molecular weight excluding hydrogens is 264 g/mol. The predicted molar refractivity (Wildman–Crippen MR) is 87.6 cm³/mol. The normalized spacial score (nSPS) is 12.6. The first kappa shape index (κ1) is 13.1. The Morgan fingerprint density at radius 1 is 1.10 bits per heavy atom. The first-order chi connectivity index (χ1) is 9.63. The van der Waals surface area contributed by atoms with Crippen molar-refractivity contribution in [3.05, 3.63) is 58.6 Å². The molecule has 0 saturated carbocycles. The van der Waals surface area contributed by atoms with Crippen LogP contribution in [-0.4, -0.2) is 4.98 Å². The Morgan fingerprint density at radius 3 is 2.70 bits per heavy atom. The molecule has 3 heteroatoms. The Balaban J connectivity index is 1.88. The molecule has 0 aliphatic rings. The van der Waals surface area contributed by atoms with Crippen LogP contribution >= 0.6 is 11.3 Å². The number of nitrogens with zero attached hydrogens (tertiary/aromatic N) is 1. The molecule has 1 aromatic heterocycles. The summed E-state index contributed by atoms with van der Waals surface area (Å²) >= 11 is 1.76. The number of aromatic nitrogens is 1. The fraction of sp³-hybridized carbons (Fsp3) is 0.235. The number of nitrogens with one attached hydrogen (secondary N) is 1. The molecule has 0 fully saturated rings. The standard InChI is InChI=1S/C17H18N2S/c1-11-8-9-12(2)15(10-11)18-13(3)17-19-14-6-4-5-7-16(14)20-17/h4-10,13,18H,1-3H3. The van der Waals surface area contributed by atoms with Crippen LogP contribution in [0.3, 0.4) is 0 Å². The Hall–Kier alpha value is -1.87. The minimum atomic E-state index is 0.216. The summed E-state index contributed by atoms with van der Waals surface area (Å²) in [5.74, 6) is 0. The van der Waals surface area contributed by atoms with Gasteiger partial charge in [0, 0.05) is 5.69 Å². The van der Waals surface area contributed by atoms with Gasteiger partial charge in [0.2, 0.25) is 0 Å². The molecule has 0 radical (unpaired) electrons. The van der Waals surface area contributed by atoms with E-state index in [1.54, 1.807) is 11.3 Å². The molecule has 102 valence electrons. The number of anilines is 1. The van der Waals surface area contributed by atoms with Crippen molar-refractivity contribution < 1.29 is 0 Å². The second-order valence-corrected chi connectivity index (χ2v) is 6.27. The molecule has 0 amide bonds. The summed E-state index contributed by atoms with van der Waals surface area (Å²) in [6.45, 7) is 6.42. The van der Waals surface area contributed by atoms with E-state index in [9.17, 15) is 0 Å². The Morgan fingerprint density at radius 2 is 1.90 bits per heavy atom. The molecule has 20 heavy (non-hydrogen) atoms. The number of para-hydroxylation sites is 1. The van der Waals surface area contributed by atoms with Gasteiger partial charge in [-0.2, -0.15) is 0 Å². The van der Waals surface area contributed by atoms with Gasteiger partial charge in [-0.1, -0.05) is 24.3 Å². The Labute approximate surface area is 123 Å². The van der Waals surface area contributed by atoms with Crippen molar-refractivity contribution in [1.29, 1.82) is 0 Å². The largest absolute Gasteiger partial charge is 0.376 e. The van der Waals surface area contributed by atoms with Crippen molar-refractivity contribution in [2.75, 3.05) is 5.32 Å². The van der Waals surface area contributed by atoms with Crippen LogP contribution < -0.4 is 5.32 Å². The molecule has 3 rings (SSSR count). The molecule has 0 spiro atoms. The van der Waals surface area contributed by atoms with Crippen LogP contribution in [0.15, 0.2) is 42.5 Å². The van der Waals surface area contributed by atoms with Crippen LogP contribution in [0.2, 0.25) is 0 Å². The van der Waals surface area contributed by atoms with E-state index in [1.165, 1.54) is 21.5 Å². The molecule has 2 aromatic carbocycles. The average molecular weight is 282 g/mol.